The molecule has 1 aliphatic heterocycles. The van der Waals surface area contributed by atoms with Crippen LogP contribution in [0.15, 0.2) is 42.5 Å². The Morgan fingerprint density at radius 2 is 1.87 bits per heavy atom. The lowest BCUT2D eigenvalue weighted by molar-refractivity contribution is -0.133. The molecule has 5 nitrogen and oxygen atoms in total. The molecule has 0 spiro atoms. The first kappa shape index (κ1) is 23.4. The van der Waals surface area contributed by atoms with Crippen LogP contribution in [0.1, 0.15) is 62.7 Å². The molecule has 0 unspecified atom stereocenters. The van der Waals surface area contributed by atoms with E-state index >= 15 is 0 Å². The zero-order chi connectivity index (χ0) is 22.2. The Labute approximate surface area is 186 Å². The number of nitrogens with one attached hydrogen (secondary N) is 1. The summed E-state index contributed by atoms with van der Waals surface area (Å²) >= 11 is 0. The molecule has 1 saturated heterocycles. The molecular weight excluding hydrogens is 386 g/mol. The van der Waals surface area contributed by atoms with Crippen molar-refractivity contribution in [2.75, 3.05) is 19.6 Å². The van der Waals surface area contributed by atoms with Gasteiger partial charge in [-0.3, -0.25) is 9.59 Å². The van der Waals surface area contributed by atoms with Crippen LogP contribution >= 0.6 is 0 Å². The number of hydrogen-bond donors (Lipinski definition) is 2. The monoisotopic (exact) mass is 423 g/mol. The fourth-order valence-corrected chi connectivity index (χ4v) is 4.53. The van der Waals surface area contributed by atoms with E-state index in [2.05, 4.69) is 25.2 Å². The molecule has 0 radical (unpaired) electrons. The normalized spacial score (nSPS) is 19.7. The molecule has 2 aromatic rings. The van der Waals surface area contributed by atoms with Crippen LogP contribution in [0.4, 0.5) is 0 Å². The van der Waals surface area contributed by atoms with Crippen LogP contribution in [0, 0.1) is 5.92 Å². The zero-order valence-corrected chi connectivity index (χ0v) is 19.0. The smallest absolute Gasteiger partial charge is 0.239 e. The topological polar surface area (TPSA) is 75.4 Å². The Kier molecular flexibility index (Phi) is 8.61. The van der Waals surface area contributed by atoms with Crippen molar-refractivity contribution < 1.29 is 9.59 Å². The maximum Gasteiger partial charge on any atom is 0.239 e. The van der Waals surface area contributed by atoms with Crippen molar-refractivity contribution in [1.29, 1.82) is 0 Å². The highest BCUT2D eigenvalue weighted by Crippen LogP contribution is 2.20. The van der Waals surface area contributed by atoms with Gasteiger partial charge in [0, 0.05) is 31.1 Å². The van der Waals surface area contributed by atoms with Gasteiger partial charge in [-0.05, 0) is 48.6 Å². The molecule has 1 fully saturated rings. The van der Waals surface area contributed by atoms with Gasteiger partial charge in [0.15, 0.2) is 5.78 Å². The van der Waals surface area contributed by atoms with Gasteiger partial charge in [0.05, 0.1) is 6.04 Å². The van der Waals surface area contributed by atoms with Crippen molar-refractivity contribution in [2.45, 2.75) is 64.5 Å². The Hall–Kier alpha value is -2.24. The summed E-state index contributed by atoms with van der Waals surface area (Å²) in [7, 11) is 0. The van der Waals surface area contributed by atoms with Crippen LogP contribution in [-0.4, -0.2) is 48.3 Å². The standard InChI is InChI=1S/C26H37N3O2/c1-3-19(4-2)18-29-16-14-23(28-24(13-15-27)26(29)31)11-12-25(30)22-10-9-20-7-5-6-8-21(20)17-22/h5-10,17,19,23-24,28H,3-4,11-16,18,27H2,1-2H3/t23-,24+/m1/s1. The number of rotatable bonds is 10. The average molecular weight is 424 g/mol. The summed E-state index contributed by atoms with van der Waals surface area (Å²) in [6, 6.07) is 13.9. The summed E-state index contributed by atoms with van der Waals surface area (Å²) in [5, 5.41) is 5.75. The van der Waals surface area contributed by atoms with E-state index in [1.807, 2.05) is 41.3 Å². The van der Waals surface area contributed by atoms with Gasteiger partial charge in [-0.15, -0.1) is 0 Å². The lowest BCUT2D eigenvalue weighted by Gasteiger charge is -2.27. The molecule has 1 heterocycles. The number of carbonyl (C=O) groups excluding carboxylic acids is 2. The minimum Gasteiger partial charge on any atom is -0.341 e. The molecule has 1 amide bonds. The molecule has 168 valence electrons. The van der Waals surface area contributed by atoms with Gasteiger partial charge < -0.3 is 16.0 Å². The molecule has 5 heteroatoms. The van der Waals surface area contributed by atoms with Gasteiger partial charge in [-0.25, -0.2) is 0 Å². The minimum absolute atomic E-state index is 0.150. The number of nitrogens with zero attached hydrogens (tertiary/aromatic N) is 1. The Balaban J connectivity index is 1.63. The highest BCUT2D eigenvalue weighted by atomic mass is 16.2. The summed E-state index contributed by atoms with van der Waals surface area (Å²) in [6.07, 6.45) is 4.88. The first-order valence-electron chi connectivity index (χ1n) is 11.8. The molecule has 3 N–H and O–H groups in total. The fourth-order valence-electron chi connectivity index (χ4n) is 4.53. The summed E-state index contributed by atoms with van der Waals surface area (Å²) in [4.78, 5) is 27.9. The zero-order valence-electron chi connectivity index (χ0n) is 19.0. The molecule has 2 aromatic carbocycles. The van der Waals surface area contributed by atoms with Gasteiger partial charge in [-0.1, -0.05) is 63.1 Å². The lowest BCUT2D eigenvalue weighted by Crippen LogP contribution is -2.47. The van der Waals surface area contributed by atoms with Gasteiger partial charge in [-0.2, -0.15) is 0 Å². The van der Waals surface area contributed by atoms with Crippen LogP contribution in [0.3, 0.4) is 0 Å². The average Bonchev–Trinajstić information content (AvgIpc) is 2.94. The molecule has 31 heavy (non-hydrogen) atoms. The molecular formula is C26H37N3O2. The number of hydrogen-bond acceptors (Lipinski definition) is 4. The van der Waals surface area contributed by atoms with E-state index < -0.39 is 0 Å². The van der Waals surface area contributed by atoms with Gasteiger partial charge >= 0.3 is 0 Å². The van der Waals surface area contributed by atoms with Crippen molar-refractivity contribution in [3.63, 3.8) is 0 Å². The van der Waals surface area contributed by atoms with E-state index in [1.165, 1.54) is 0 Å². The number of carbonyl (C=O) groups is 2. The summed E-state index contributed by atoms with van der Waals surface area (Å²) in [5.41, 5.74) is 6.56. The van der Waals surface area contributed by atoms with Crippen LogP contribution in [0.5, 0.6) is 0 Å². The van der Waals surface area contributed by atoms with Crippen molar-refractivity contribution in [3.8, 4) is 0 Å². The third kappa shape index (κ3) is 6.14. The number of nitrogens with two attached hydrogens (primary N) is 1. The quantitative estimate of drug-likeness (QED) is 0.563. The van der Waals surface area contributed by atoms with Crippen molar-refractivity contribution in [2.24, 2.45) is 11.7 Å². The molecule has 3 rings (SSSR count). The first-order valence-corrected chi connectivity index (χ1v) is 11.8. The fraction of sp³-hybridized carbons (Fsp3) is 0.538. The molecule has 0 aliphatic carbocycles. The number of Topliss-reactive ketones (excluding diaryl/α,β-unsaturated/α-hetero) is 1. The highest BCUT2D eigenvalue weighted by Gasteiger charge is 2.31. The summed E-state index contributed by atoms with van der Waals surface area (Å²) < 4.78 is 0. The second-order valence-electron chi connectivity index (χ2n) is 8.77. The molecule has 0 saturated carbocycles. The first-order chi connectivity index (χ1) is 15.0. The van der Waals surface area contributed by atoms with Gasteiger partial charge in [0.2, 0.25) is 5.91 Å². The molecule has 2 atom stereocenters. The summed E-state index contributed by atoms with van der Waals surface area (Å²) in [5.74, 6) is 0.863. The maximum atomic E-state index is 13.1. The van der Waals surface area contributed by atoms with Crippen molar-refractivity contribution >= 4 is 22.5 Å². The highest BCUT2D eigenvalue weighted by molar-refractivity contribution is 5.99. The SMILES string of the molecule is CCC(CC)CN1CC[C@@H](CCC(=O)c2ccc3ccccc3c2)N[C@@H](CCN)C1=O. The third-order valence-electron chi connectivity index (χ3n) is 6.67. The number of benzene rings is 2. The summed E-state index contributed by atoms with van der Waals surface area (Å²) in [6.45, 7) is 6.42. The Morgan fingerprint density at radius 1 is 1.13 bits per heavy atom. The van der Waals surface area contributed by atoms with E-state index in [0.29, 0.717) is 25.3 Å². The lowest BCUT2D eigenvalue weighted by atomic mass is 9.99. The number of amides is 1. The van der Waals surface area contributed by atoms with E-state index in [-0.39, 0.29) is 23.8 Å². The predicted octanol–water partition coefficient (Wildman–Crippen LogP) is 4.15. The number of fused-ring (bicyclic) bond motifs is 1. The Bertz CT molecular complexity index is 878. The van der Waals surface area contributed by atoms with E-state index in [0.717, 1.165) is 55.1 Å². The Morgan fingerprint density at radius 3 is 2.58 bits per heavy atom. The van der Waals surface area contributed by atoms with E-state index in [4.69, 9.17) is 5.73 Å². The third-order valence-corrected chi connectivity index (χ3v) is 6.67. The van der Waals surface area contributed by atoms with E-state index in [1.54, 1.807) is 0 Å². The van der Waals surface area contributed by atoms with Crippen LogP contribution in [0.2, 0.25) is 0 Å². The minimum atomic E-state index is -0.248. The van der Waals surface area contributed by atoms with Crippen molar-refractivity contribution in [3.05, 3.63) is 48.0 Å². The van der Waals surface area contributed by atoms with Crippen LogP contribution < -0.4 is 11.1 Å². The van der Waals surface area contributed by atoms with Crippen molar-refractivity contribution in [1.82, 2.24) is 10.2 Å². The van der Waals surface area contributed by atoms with Gasteiger partial charge in [0.1, 0.15) is 0 Å². The van der Waals surface area contributed by atoms with E-state index in [9.17, 15) is 9.59 Å². The van der Waals surface area contributed by atoms with Crippen LogP contribution in [-0.2, 0) is 4.79 Å². The largest absolute Gasteiger partial charge is 0.341 e. The second kappa shape index (κ2) is 11.4. The van der Waals surface area contributed by atoms with Gasteiger partial charge in [0.25, 0.3) is 0 Å². The predicted molar refractivity (Wildman–Crippen MR) is 127 cm³/mol. The maximum absolute atomic E-state index is 13.1. The molecule has 0 bridgehead atoms. The van der Waals surface area contributed by atoms with Crippen LogP contribution in [0.25, 0.3) is 10.8 Å². The molecule has 0 aromatic heterocycles. The number of ketones is 1. The second-order valence-corrected chi connectivity index (χ2v) is 8.77. The molecule has 1 aliphatic rings.